The molecular weight excluding hydrogens is 174 g/mol. The Balaban J connectivity index is 3.20. The van der Waals surface area contributed by atoms with Crippen molar-refractivity contribution in [1.82, 2.24) is 4.98 Å². The molecule has 0 spiro atoms. The van der Waals surface area contributed by atoms with Crippen molar-refractivity contribution in [3.8, 4) is 0 Å². The summed E-state index contributed by atoms with van der Waals surface area (Å²) in [5.74, 6) is 0.0380. The lowest BCUT2D eigenvalue weighted by atomic mass is 10.1. The number of Topliss-reactive ketones (excluding diaryl/α,β-unsaturated/α-hetero) is 1. The molecule has 0 aliphatic heterocycles. The molecule has 1 rings (SSSR count). The molecule has 2 nitrogen and oxygen atoms in total. The molecule has 0 aliphatic carbocycles. The minimum atomic E-state index is 0.0380. The molecule has 0 saturated carbocycles. The Kier molecular flexibility index (Phi) is 2.82. The average Bonchev–Trinajstić information content (AvgIpc) is 2.03. The average molecular weight is 184 g/mol. The largest absolute Gasteiger partial charge is 0.294 e. The number of halogens is 1. The van der Waals surface area contributed by atoms with Crippen molar-refractivity contribution in [1.29, 1.82) is 0 Å². The van der Waals surface area contributed by atoms with Gasteiger partial charge < -0.3 is 0 Å². The number of nitrogens with zero attached hydrogens (tertiary/aromatic N) is 1. The Bertz CT molecular complexity index is 309. The van der Waals surface area contributed by atoms with Gasteiger partial charge in [-0.25, -0.2) is 4.98 Å². The van der Waals surface area contributed by atoms with Crippen LogP contribution in [0.3, 0.4) is 0 Å². The van der Waals surface area contributed by atoms with Gasteiger partial charge >= 0.3 is 0 Å². The van der Waals surface area contributed by atoms with E-state index in [1.54, 1.807) is 6.07 Å². The molecule has 3 heteroatoms. The van der Waals surface area contributed by atoms with Crippen molar-refractivity contribution in [2.45, 2.75) is 20.3 Å². The molecule has 0 bridgehead atoms. The van der Waals surface area contributed by atoms with Gasteiger partial charge in [0, 0.05) is 11.8 Å². The molecular formula is C9H10ClNO. The maximum Gasteiger partial charge on any atom is 0.161 e. The van der Waals surface area contributed by atoms with Gasteiger partial charge in [-0.1, -0.05) is 18.5 Å². The first-order valence-corrected chi connectivity index (χ1v) is 4.18. The van der Waals surface area contributed by atoms with Crippen molar-refractivity contribution in [2.75, 3.05) is 0 Å². The number of aryl methyl sites for hydroxylation is 1. The van der Waals surface area contributed by atoms with E-state index < -0.39 is 0 Å². The van der Waals surface area contributed by atoms with Gasteiger partial charge in [0.25, 0.3) is 0 Å². The van der Waals surface area contributed by atoms with Crippen molar-refractivity contribution in [2.24, 2.45) is 0 Å². The van der Waals surface area contributed by atoms with Crippen LogP contribution in [0.15, 0.2) is 12.3 Å². The zero-order valence-corrected chi connectivity index (χ0v) is 7.85. The van der Waals surface area contributed by atoms with Gasteiger partial charge in [-0.15, -0.1) is 0 Å². The second-order valence-electron chi connectivity index (χ2n) is 2.57. The maximum absolute atomic E-state index is 11.1. The summed E-state index contributed by atoms with van der Waals surface area (Å²) in [5.41, 5.74) is 1.63. The zero-order valence-electron chi connectivity index (χ0n) is 7.10. The van der Waals surface area contributed by atoms with E-state index in [2.05, 4.69) is 4.98 Å². The summed E-state index contributed by atoms with van der Waals surface area (Å²) in [6.45, 7) is 3.52. The first kappa shape index (κ1) is 9.20. The minimum Gasteiger partial charge on any atom is -0.294 e. The molecule has 0 saturated heterocycles. The summed E-state index contributed by atoms with van der Waals surface area (Å²) in [5, 5.41) is 0.442. The highest BCUT2D eigenvalue weighted by molar-refractivity contribution is 6.29. The van der Waals surface area contributed by atoms with Gasteiger partial charge in [-0.3, -0.25) is 4.79 Å². The number of hydrogen-bond donors (Lipinski definition) is 0. The highest BCUT2D eigenvalue weighted by Gasteiger charge is 2.06. The van der Waals surface area contributed by atoms with Crippen molar-refractivity contribution >= 4 is 17.4 Å². The Morgan fingerprint density at radius 1 is 1.67 bits per heavy atom. The number of carbonyl (C=O) groups is 1. The van der Waals surface area contributed by atoms with E-state index in [0.29, 0.717) is 10.7 Å². The highest BCUT2D eigenvalue weighted by Crippen LogP contribution is 2.13. The van der Waals surface area contributed by atoms with Gasteiger partial charge in [-0.05, 0) is 25.0 Å². The first-order chi connectivity index (χ1) is 5.65. The molecule has 1 aromatic rings. The van der Waals surface area contributed by atoms with Crippen LogP contribution in [0.1, 0.15) is 29.8 Å². The molecule has 0 unspecified atom stereocenters. The number of hydrogen-bond acceptors (Lipinski definition) is 2. The number of rotatable bonds is 2. The number of carbonyl (C=O) groups excluding carboxylic acids is 1. The molecule has 12 heavy (non-hydrogen) atoms. The molecule has 0 N–H and O–H groups in total. The third-order valence-electron chi connectivity index (χ3n) is 1.72. The molecule has 0 atom stereocenters. The topological polar surface area (TPSA) is 30.0 Å². The predicted octanol–water partition coefficient (Wildman–Crippen LogP) is 2.50. The molecule has 1 aromatic heterocycles. The lowest BCUT2D eigenvalue weighted by Gasteiger charge is -2.02. The molecule has 1 heterocycles. The number of aromatic nitrogens is 1. The van der Waals surface area contributed by atoms with Crippen LogP contribution in [0, 0.1) is 0 Å². The second kappa shape index (κ2) is 3.68. The lowest BCUT2D eigenvalue weighted by molar-refractivity contribution is 0.101. The van der Waals surface area contributed by atoms with Gasteiger partial charge in [0.1, 0.15) is 5.15 Å². The summed E-state index contributed by atoms with van der Waals surface area (Å²) in [4.78, 5) is 14.9. The molecule has 0 fully saturated rings. The predicted molar refractivity (Wildman–Crippen MR) is 48.6 cm³/mol. The van der Waals surface area contributed by atoms with Crippen molar-refractivity contribution in [3.63, 3.8) is 0 Å². The highest BCUT2D eigenvalue weighted by atomic mass is 35.5. The standard InChI is InChI=1S/C9H10ClNO/c1-3-7-4-9(10)11-5-8(7)6(2)12/h4-5H,3H2,1-2H3. The van der Waals surface area contributed by atoms with Gasteiger partial charge in [0.05, 0.1) is 0 Å². The van der Waals surface area contributed by atoms with Crippen LogP contribution in [-0.2, 0) is 6.42 Å². The molecule has 0 amide bonds. The molecule has 0 aromatic carbocycles. The van der Waals surface area contributed by atoms with E-state index in [4.69, 9.17) is 11.6 Å². The summed E-state index contributed by atoms with van der Waals surface area (Å²) >= 11 is 5.68. The van der Waals surface area contributed by atoms with Crippen LogP contribution in [0.2, 0.25) is 5.15 Å². The Hall–Kier alpha value is -0.890. The summed E-state index contributed by atoms with van der Waals surface area (Å²) in [7, 11) is 0. The minimum absolute atomic E-state index is 0.0380. The SMILES string of the molecule is CCc1cc(Cl)ncc1C(C)=O. The van der Waals surface area contributed by atoms with Crippen molar-refractivity contribution < 1.29 is 4.79 Å². The van der Waals surface area contributed by atoms with Crippen LogP contribution < -0.4 is 0 Å². The van der Waals surface area contributed by atoms with Gasteiger partial charge in [0.2, 0.25) is 0 Å². The van der Waals surface area contributed by atoms with Crippen LogP contribution in [0.4, 0.5) is 0 Å². The fourth-order valence-corrected chi connectivity index (χ4v) is 1.26. The first-order valence-electron chi connectivity index (χ1n) is 3.80. The number of pyridine rings is 1. The monoisotopic (exact) mass is 183 g/mol. The fourth-order valence-electron chi connectivity index (χ4n) is 1.08. The zero-order chi connectivity index (χ0) is 9.14. The summed E-state index contributed by atoms with van der Waals surface area (Å²) in [6, 6.07) is 1.73. The fraction of sp³-hybridized carbons (Fsp3) is 0.333. The lowest BCUT2D eigenvalue weighted by Crippen LogP contribution is -1.99. The van der Waals surface area contributed by atoms with E-state index in [1.165, 1.54) is 13.1 Å². The molecule has 0 radical (unpaired) electrons. The maximum atomic E-state index is 11.1. The normalized spacial score (nSPS) is 9.92. The Morgan fingerprint density at radius 3 is 2.83 bits per heavy atom. The van der Waals surface area contributed by atoms with Crippen LogP contribution in [0.25, 0.3) is 0 Å². The second-order valence-corrected chi connectivity index (χ2v) is 2.96. The van der Waals surface area contributed by atoms with E-state index in [1.807, 2.05) is 6.92 Å². The van der Waals surface area contributed by atoms with E-state index >= 15 is 0 Å². The molecule has 0 aliphatic rings. The number of ketones is 1. The van der Waals surface area contributed by atoms with Crippen molar-refractivity contribution in [3.05, 3.63) is 28.5 Å². The molecule has 64 valence electrons. The third-order valence-corrected chi connectivity index (χ3v) is 1.92. The van der Waals surface area contributed by atoms with Crippen LogP contribution >= 0.6 is 11.6 Å². The van der Waals surface area contributed by atoms with Crippen LogP contribution in [-0.4, -0.2) is 10.8 Å². The third kappa shape index (κ3) is 1.83. The van der Waals surface area contributed by atoms with Gasteiger partial charge in [0.15, 0.2) is 5.78 Å². The van der Waals surface area contributed by atoms with Crippen LogP contribution in [0.5, 0.6) is 0 Å². The van der Waals surface area contributed by atoms with Gasteiger partial charge in [-0.2, -0.15) is 0 Å². The summed E-state index contributed by atoms with van der Waals surface area (Å²) in [6.07, 6.45) is 2.33. The Morgan fingerprint density at radius 2 is 2.33 bits per heavy atom. The quantitative estimate of drug-likeness (QED) is 0.521. The van der Waals surface area contributed by atoms with E-state index in [-0.39, 0.29) is 5.78 Å². The van der Waals surface area contributed by atoms with E-state index in [9.17, 15) is 4.79 Å². The summed E-state index contributed by atoms with van der Waals surface area (Å²) < 4.78 is 0. The smallest absolute Gasteiger partial charge is 0.161 e. The Labute approximate surface area is 76.6 Å². The van der Waals surface area contributed by atoms with E-state index in [0.717, 1.165) is 12.0 Å².